The fourth-order valence-electron chi connectivity index (χ4n) is 1.15. The van der Waals surface area contributed by atoms with Gasteiger partial charge in [-0.1, -0.05) is 6.07 Å². The molecule has 0 unspecified atom stereocenters. The maximum Gasteiger partial charge on any atom is 0.307 e. The molecule has 15 heavy (non-hydrogen) atoms. The number of pyridine rings is 1. The van der Waals surface area contributed by atoms with E-state index in [1.807, 2.05) is 0 Å². The number of nitrogens with two attached hydrogens (primary N) is 2. The number of hydrogen-bond donors (Lipinski definition) is 2. The molecular weight excluding hydrogens is 194 g/mol. The van der Waals surface area contributed by atoms with Gasteiger partial charge in [-0.3, -0.25) is 4.79 Å². The lowest BCUT2D eigenvalue weighted by atomic mass is 10.1. The number of nitrogen functional groups attached to an aromatic ring is 1. The monoisotopic (exact) mass is 209 g/mol. The van der Waals surface area contributed by atoms with Crippen LogP contribution in [0.3, 0.4) is 0 Å². The summed E-state index contributed by atoms with van der Waals surface area (Å²) >= 11 is 0. The molecule has 0 aromatic carbocycles. The van der Waals surface area contributed by atoms with Crippen LogP contribution in [0.1, 0.15) is 24.9 Å². The fraction of sp³-hybridized carbons (Fsp3) is 0.400. The van der Waals surface area contributed by atoms with Crippen LogP contribution < -0.4 is 11.5 Å². The van der Waals surface area contributed by atoms with E-state index in [2.05, 4.69) is 4.98 Å². The number of hydrogen-bond acceptors (Lipinski definition) is 5. The van der Waals surface area contributed by atoms with Crippen molar-refractivity contribution in [3.05, 3.63) is 23.9 Å². The van der Waals surface area contributed by atoms with Crippen molar-refractivity contribution in [3.63, 3.8) is 0 Å². The fourth-order valence-corrected chi connectivity index (χ4v) is 1.15. The second kappa shape index (κ2) is 5.31. The molecule has 0 aliphatic carbocycles. The van der Waals surface area contributed by atoms with Crippen molar-refractivity contribution in [1.29, 1.82) is 0 Å². The van der Waals surface area contributed by atoms with Crippen LogP contribution in [0.25, 0.3) is 0 Å². The van der Waals surface area contributed by atoms with Crippen molar-refractivity contribution in [2.75, 3.05) is 12.3 Å². The van der Waals surface area contributed by atoms with E-state index in [1.165, 1.54) is 0 Å². The van der Waals surface area contributed by atoms with Crippen LogP contribution in [0.15, 0.2) is 18.3 Å². The molecule has 0 saturated heterocycles. The second-order valence-corrected chi connectivity index (χ2v) is 3.13. The number of nitrogens with zero attached hydrogens (tertiary/aromatic N) is 1. The summed E-state index contributed by atoms with van der Waals surface area (Å²) in [6, 6.07) is 3.02. The number of carbonyl (C=O) groups excluding carboxylic acids is 1. The molecule has 0 aliphatic heterocycles. The van der Waals surface area contributed by atoms with E-state index in [0.717, 1.165) is 5.56 Å². The molecule has 0 spiro atoms. The zero-order valence-electron chi connectivity index (χ0n) is 8.64. The van der Waals surface area contributed by atoms with Crippen LogP contribution in [-0.4, -0.2) is 17.6 Å². The standard InChI is InChI=1S/C10H15N3O2/c1-2-15-10(14)5-8(11)7-3-4-9(12)13-6-7/h3-4,6,8H,2,5,11H2,1H3,(H2,12,13)/t8-/m0/s1. The van der Waals surface area contributed by atoms with Crippen LogP contribution in [0.4, 0.5) is 5.82 Å². The molecule has 4 N–H and O–H groups in total. The first-order valence-corrected chi connectivity index (χ1v) is 4.76. The Hall–Kier alpha value is -1.62. The average Bonchev–Trinajstić information content (AvgIpc) is 2.18. The number of esters is 1. The quantitative estimate of drug-likeness (QED) is 0.709. The van der Waals surface area contributed by atoms with E-state index < -0.39 is 6.04 Å². The van der Waals surface area contributed by atoms with Gasteiger partial charge < -0.3 is 16.2 Å². The van der Waals surface area contributed by atoms with Gasteiger partial charge >= 0.3 is 5.97 Å². The van der Waals surface area contributed by atoms with Crippen LogP contribution in [0.2, 0.25) is 0 Å². The van der Waals surface area contributed by atoms with E-state index in [9.17, 15) is 4.79 Å². The highest BCUT2D eigenvalue weighted by Crippen LogP contribution is 2.14. The normalized spacial score (nSPS) is 12.1. The summed E-state index contributed by atoms with van der Waals surface area (Å²) in [5.74, 6) is 0.129. The molecular formula is C10H15N3O2. The summed E-state index contributed by atoms with van der Waals surface area (Å²) in [6.45, 7) is 2.12. The van der Waals surface area contributed by atoms with Crippen molar-refractivity contribution in [3.8, 4) is 0 Å². The Balaban J connectivity index is 2.57. The predicted octanol–water partition coefficient (Wildman–Crippen LogP) is 0.617. The van der Waals surface area contributed by atoms with Gasteiger partial charge in [0.15, 0.2) is 0 Å². The molecule has 82 valence electrons. The third-order valence-electron chi connectivity index (χ3n) is 1.93. The molecule has 0 aliphatic rings. The van der Waals surface area contributed by atoms with Crippen LogP contribution in [0, 0.1) is 0 Å². The first-order valence-electron chi connectivity index (χ1n) is 4.76. The zero-order chi connectivity index (χ0) is 11.3. The molecule has 0 saturated carbocycles. The number of ether oxygens (including phenoxy) is 1. The van der Waals surface area contributed by atoms with Crippen molar-refractivity contribution in [2.24, 2.45) is 5.73 Å². The Bertz CT molecular complexity index is 324. The highest BCUT2D eigenvalue weighted by Gasteiger charge is 2.12. The van der Waals surface area contributed by atoms with Gasteiger partial charge in [-0.15, -0.1) is 0 Å². The van der Waals surface area contributed by atoms with E-state index in [-0.39, 0.29) is 12.4 Å². The minimum Gasteiger partial charge on any atom is -0.466 e. The molecule has 1 rings (SSSR count). The van der Waals surface area contributed by atoms with Gasteiger partial charge in [-0.05, 0) is 18.6 Å². The predicted molar refractivity (Wildman–Crippen MR) is 56.8 cm³/mol. The van der Waals surface area contributed by atoms with Crippen molar-refractivity contribution < 1.29 is 9.53 Å². The molecule has 1 atom stereocenters. The topological polar surface area (TPSA) is 91.2 Å². The lowest BCUT2D eigenvalue weighted by molar-refractivity contribution is -0.143. The highest BCUT2D eigenvalue weighted by atomic mass is 16.5. The van der Waals surface area contributed by atoms with Gasteiger partial charge in [-0.25, -0.2) is 4.98 Å². The van der Waals surface area contributed by atoms with Gasteiger partial charge in [0.2, 0.25) is 0 Å². The van der Waals surface area contributed by atoms with Crippen molar-refractivity contribution in [2.45, 2.75) is 19.4 Å². The minimum atomic E-state index is -0.392. The lowest BCUT2D eigenvalue weighted by Gasteiger charge is -2.10. The first kappa shape index (κ1) is 11.5. The van der Waals surface area contributed by atoms with Gasteiger partial charge in [-0.2, -0.15) is 0 Å². The van der Waals surface area contributed by atoms with E-state index >= 15 is 0 Å². The molecule has 5 nitrogen and oxygen atoms in total. The molecule has 0 amide bonds. The summed E-state index contributed by atoms with van der Waals surface area (Å²) in [5.41, 5.74) is 12.0. The van der Waals surface area contributed by atoms with Crippen molar-refractivity contribution >= 4 is 11.8 Å². The summed E-state index contributed by atoms with van der Waals surface area (Å²) in [7, 11) is 0. The molecule has 0 fully saturated rings. The van der Waals surface area contributed by atoms with Crippen LogP contribution in [-0.2, 0) is 9.53 Å². The van der Waals surface area contributed by atoms with E-state index in [0.29, 0.717) is 12.4 Å². The van der Waals surface area contributed by atoms with Crippen molar-refractivity contribution in [1.82, 2.24) is 4.98 Å². The highest BCUT2D eigenvalue weighted by molar-refractivity contribution is 5.70. The Morgan fingerprint density at radius 2 is 2.33 bits per heavy atom. The lowest BCUT2D eigenvalue weighted by Crippen LogP contribution is -2.17. The SMILES string of the molecule is CCOC(=O)C[C@H](N)c1ccc(N)nc1. The maximum absolute atomic E-state index is 11.1. The summed E-state index contributed by atoms with van der Waals surface area (Å²) in [4.78, 5) is 15.0. The number of aromatic nitrogens is 1. The Labute approximate surface area is 88.4 Å². The van der Waals surface area contributed by atoms with Crippen LogP contribution in [0.5, 0.6) is 0 Å². The van der Waals surface area contributed by atoms with Gasteiger partial charge in [0.25, 0.3) is 0 Å². The van der Waals surface area contributed by atoms with Gasteiger partial charge in [0.1, 0.15) is 5.82 Å². The maximum atomic E-state index is 11.1. The molecule has 0 bridgehead atoms. The summed E-state index contributed by atoms with van der Waals surface area (Å²) in [5, 5.41) is 0. The molecule has 5 heteroatoms. The summed E-state index contributed by atoms with van der Waals surface area (Å²) in [6.07, 6.45) is 1.72. The summed E-state index contributed by atoms with van der Waals surface area (Å²) < 4.78 is 4.79. The Morgan fingerprint density at radius 3 is 2.87 bits per heavy atom. The smallest absolute Gasteiger partial charge is 0.307 e. The van der Waals surface area contributed by atoms with E-state index in [4.69, 9.17) is 16.2 Å². The Kier molecular flexibility index (Phi) is 4.05. The third-order valence-corrected chi connectivity index (χ3v) is 1.93. The third kappa shape index (κ3) is 3.55. The van der Waals surface area contributed by atoms with Gasteiger partial charge in [0, 0.05) is 12.2 Å². The zero-order valence-corrected chi connectivity index (χ0v) is 8.64. The largest absolute Gasteiger partial charge is 0.466 e. The molecule has 0 radical (unpaired) electrons. The van der Waals surface area contributed by atoms with E-state index in [1.54, 1.807) is 25.3 Å². The number of carbonyl (C=O) groups is 1. The first-order chi connectivity index (χ1) is 7.13. The molecule has 1 heterocycles. The Morgan fingerprint density at radius 1 is 1.60 bits per heavy atom. The number of anilines is 1. The van der Waals surface area contributed by atoms with Gasteiger partial charge in [0.05, 0.1) is 13.0 Å². The second-order valence-electron chi connectivity index (χ2n) is 3.13. The van der Waals surface area contributed by atoms with Crippen LogP contribution >= 0.6 is 0 Å². The number of rotatable bonds is 4. The molecule has 1 aromatic heterocycles. The average molecular weight is 209 g/mol. The molecule has 1 aromatic rings. The minimum absolute atomic E-state index is 0.152.